The Kier molecular flexibility index (Phi) is 4.67. The topological polar surface area (TPSA) is 46.2 Å². The van der Waals surface area contributed by atoms with Crippen LogP contribution in [0.15, 0.2) is 59.5 Å². The van der Waals surface area contributed by atoms with E-state index in [2.05, 4.69) is 23.8 Å². The zero-order valence-corrected chi connectivity index (χ0v) is 15.8. The molecule has 0 heterocycles. The second-order valence-corrected chi connectivity index (χ2v) is 8.36. The lowest BCUT2D eigenvalue weighted by molar-refractivity contribution is 0.566. The first-order valence-corrected chi connectivity index (χ1v) is 9.85. The third-order valence-corrected chi connectivity index (χ3v) is 6.25. The Morgan fingerprint density at radius 3 is 2.16 bits per heavy atom. The van der Waals surface area contributed by atoms with E-state index >= 15 is 0 Å². The second-order valence-electron chi connectivity index (χ2n) is 6.64. The molecule has 0 fully saturated rings. The van der Waals surface area contributed by atoms with Crippen LogP contribution in [-0.4, -0.2) is 8.42 Å². The van der Waals surface area contributed by atoms with Gasteiger partial charge in [0.15, 0.2) is 0 Å². The van der Waals surface area contributed by atoms with Crippen LogP contribution in [0.3, 0.4) is 0 Å². The molecule has 0 aromatic heterocycles. The van der Waals surface area contributed by atoms with E-state index in [0.29, 0.717) is 4.90 Å². The molecule has 0 saturated heterocycles. The smallest absolute Gasteiger partial charge is 0.207 e. The van der Waals surface area contributed by atoms with Gasteiger partial charge in [-0.3, -0.25) is 0 Å². The van der Waals surface area contributed by atoms with Crippen molar-refractivity contribution in [2.75, 3.05) is 0 Å². The molecule has 3 nitrogen and oxygen atoms in total. The molecule has 4 heteroatoms. The Morgan fingerprint density at radius 1 is 0.800 bits per heavy atom. The van der Waals surface area contributed by atoms with Gasteiger partial charge in [-0.25, -0.2) is 13.1 Å². The summed E-state index contributed by atoms with van der Waals surface area (Å²) in [7, 11) is -3.59. The molecule has 0 radical (unpaired) electrons. The van der Waals surface area contributed by atoms with Gasteiger partial charge < -0.3 is 0 Å². The fourth-order valence-corrected chi connectivity index (χ4v) is 4.41. The number of fused-ring (bicyclic) bond motifs is 1. The molecule has 1 unspecified atom stereocenters. The third kappa shape index (κ3) is 3.60. The molecular weight excluding hydrogens is 330 g/mol. The summed E-state index contributed by atoms with van der Waals surface area (Å²) in [6.45, 7) is 8.01. The molecular formula is C21H23NO2S. The van der Waals surface area contributed by atoms with Crippen molar-refractivity contribution in [3.05, 3.63) is 76.9 Å². The highest BCUT2D eigenvalue weighted by atomic mass is 32.2. The van der Waals surface area contributed by atoms with Gasteiger partial charge in [-0.1, -0.05) is 42.5 Å². The van der Waals surface area contributed by atoms with Crippen molar-refractivity contribution in [2.24, 2.45) is 0 Å². The molecule has 1 N–H and O–H groups in total. The van der Waals surface area contributed by atoms with E-state index in [4.69, 9.17) is 0 Å². The molecule has 0 aliphatic carbocycles. The Bertz CT molecular complexity index is 1040. The van der Waals surface area contributed by atoms with Gasteiger partial charge in [-0.2, -0.15) is 0 Å². The molecule has 0 saturated carbocycles. The largest absolute Gasteiger partial charge is 0.241 e. The van der Waals surface area contributed by atoms with Crippen LogP contribution in [0.4, 0.5) is 0 Å². The monoisotopic (exact) mass is 353 g/mol. The van der Waals surface area contributed by atoms with Gasteiger partial charge >= 0.3 is 0 Å². The standard InChI is InChI=1S/C21H23NO2S/c1-14-11-16(3)21(12-15(14)2)17(4)22-25(23,24)20-10-9-18-7-5-6-8-19(18)13-20/h5-13,17,22H,1-4H3. The summed E-state index contributed by atoms with van der Waals surface area (Å²) in [5, 5.41) is 1.94. The first-order valence-electron chi connectivity index (χ1n) is 8.37. The summed E-state index contributed by atoms with van der Waals surface area (Å²) in [5.41, 5.74) is 4.48. The number of hydrogen-bond donors (Lipinski definition) is 1. The van der Waals surface area contributed by atoms with Crippen LogP contribution >= 0.6 is 0 Å². The summed E-state index contributed by atoms with van der Waals surface area (Å²) >= 11 is 0. The number of nitrogens with one attached hydrogen (secondary N) is 1. The highest BCUT2D eigenvalue weighted by molar-refractivity contribution is 7.89. The molecule has 3 rings (SSSR count). The normalized spacial score (nSPS) is 13.1. The summed E-state index contributed by atoms with van der Waals surface area (Å²) in [6.07, 6.45) is 0. The van der Waals surface area contributed by atoms with Crippen LogP contribution in [0.25, 0.3) is 10.8 Å². The molecule has 0 spiro atoms. The van der Waals surface area contributed by atoms with Crippen LogP contribution in [-0.2, 0) is 10.0 Å². The van der Waals surface area contributed by atoms with E-state index in [0.717, 1.165) is 27.5 Å². The number of rotatable bonds is 4. The molecule has 0 aliphatic rings. The second kappa shape index (κ2) is 6.62. The summed E-state index contributed by atoms with van der Waals surface area (Å²) < 4.78 is 28.4. The first kappa shape index (κ1) is 17.6. The zero-order valence-electron chi connectivity index (χ0n) is 15.0. The maximum absolute atomic E-state index is 12.8. The fourth-order valence-electron chi connectivity index (χ4n) is 3.15. The Labute approximate surface area is 149 Å². The van der Waals surface area contributed by atoms with Crippen LogP contribution in [0.5, 0.6) is 0 Å². The van der Waals surface area contributed by atoms with Gasteiger partial charge in [0.05, 0.1) is 4.90 Å². The van der Waals surface area contributed by atoms with E-state index in [9.17, 15) is 8.42 Å². The van der Waals surface area contributed by atoms with Gasteiger partial charge in [-0.15, -0.1) is 0 Å². The third-order valence-electron chi connectivity index (χ3n) is 4.71. The van der Waals surface area contributed by atoms with E-state index in [1.165, 1.54) is 5.56 Å². The van der Waals surface area contributed by atoms with Crippen LogP contribution in [0.2, 0.25) is 0 Å². The Morgan fingerprint density at radius 2 is 1.44 bits per heavy atom. The molecule has 0 amide bonds. The average Bonchev–Trinajstić information content (AvgIpc) is 2.57. The SMILES string of the molecule is Cc1cc(C)c(C(C)NS(=O)(=O)c2ccc3ccccc3c2)cc1C. The molecule has 3 aromatic carbocycles. The number of benzene rings is 3. The van der Waals surface area contributed by atoms with Gasteiger partial charge in [0.2, 0.25) is 10.0 Å². The lowest BCUT2D eigenvalue weighted by Crippen LogP contribution is -2.27. The minimum Gasteiger partial charge on any atom is -0.207 e. The van der Waals surface area contributed by atoms with E-state index in [-0.39, 0.29) is 6.04 Å². The van der Waals surface area contributed by atoms with E-state index in [1.807, 2.05) is 51.1 Å². The van der Waals surface area contributed by atoms with Crippen LogP contribution < -0.4 is 4.72 Å². The van der Waals surface area contributed by atoms with Gasteiger partial charge in [0, 0.05) is 6.04 Å². The fraction of sp³-hybridized carbons (Fsp3) is 0.238. The van der Waals surface area contributed by atoms with Crippen molar-refractivity contribution in [1.82, 2.24) is 4.72 Å². The lowest BCUT2D eigenvalue weighted by Gasteiger charge is -2.18. The number of sulfonamides is 1. The van der Waals surface area contributed by atoms with Gasteiger partial charge in [-0.05, 0) is 72.9 Å². The van der Waals surface area contributed by atoms with Crippen molar-refractivity contribution in [2.45, 2.75) is 38.6 Å². The number of hydrogen-bond acceptors (Lipinski definition) is 2. The summed E-state index contributed by atoms with van der Waals surface area (Å²) in [5.74, 6) is 0. The quantitative estimate of drug-likeness (QED) is 0.732. The predicted octanol–water partition coefficient (Wildman–Crippen LogP) is 4.80. The van der Waals surface area contributed by atoms with Crippen molar-refractivity contribution in [1.29, 1.82) is 0 Å². The molecule has 1 atom stereocenters. The maximum Gasteiger partial charge on any atom is 0.241 e. The summed E-state index contributed by atoms with van der Waals surface area (Å²) in [6, 6.07) is 16.8. The molecule has 0 bridgehead atoms. The minimum atomic E-state index is -3.59. The van der Waals surface area contributed by atoms with Crippen molar-refractivity contribution < 1.29 is 8.42 Å². The Balaban J connectivity index is 1.93. The molecule has 0 aliphatic heterocycles. The predicted molar refractivity (Wildman–Crippen MR) is 103 cm³/mol. The lowest BCUT2D eigenvalue weighted by atomic mass is 9.97. The zero-order chi connectivity index (χ0) is 18.2. The Hall–Kier alpha value is -2.17. The molecule has 25 heavy (non-hydrogen) atoms. The first-order chi connectivity index (χ1) is 11.8. The van der Waals surface area contributed by atoms with Gasteiger partial charge in [0.1, 0.15) is 0 Å². The van der Waals surface area contributed by atoms with Crippen molar-refractivity contribution >= 4 is 20.8 Å². The van der Waals surface area contributed by atoms with Crippen molar-refractivity contribution in [3.63, 3.8) is 0 Å². The average molecular weight is 353 g/mol. The minimum absolute atomic E-state index is 0.291. The van der Waals surface area contributed by atoms with Gasteiger partial charge in [0.25, 0.3) is 0 Å². The summed E-state index contributed by atoms with van der Waals surface area (Å²) in [4.78, 5) is 0.291. The van der Waals surface area contributed by atoms with Crippen LogP contribution in [0, 0.1) is 20.8 Å². The van der Waals surface area contributed by atoms with E-state index in [1.54, 1.807) is 12.1 Å². The highest BCUT2D eigenvalue weighted by Gasteiger charge is 2.20. The van der Waals surface area contributed by atoms with Crippen molar-refractivity contribution in [3.8, 4) is 0 Å². The number of aryl methyl sites for hydroxylation is 3. The maximum atomic E-state index is 12.8. The van der Waals surface area contributed by atoms with Crippen LogP contribution in [0.1, 0.15) is 35.2 Å². The highest BCUT2D eigenvalue weighted by Crippen LogP contribution is 2.24. The van der Waals surface area contributed by atoms with E-state index < -0.39 is 10.0 Å². The molecule has 130 valence electrons. The molecule has 3 aromatic rings.